The molecule has 0 aromatic heterocycles. The molecule has 22 heavy (non-hydrogen) atoms. The smallest absolute Gasteiger partial charge is 0.254 e. The molecule has 0 spiro atoms. The van der Waals surface area contributed by atoms with Crippen molar-refractivity contribution in [3.63, 3.8) is 0 Å². The molecule has 2 fully saturated rings. The van der Waals surface area contributed by atoms with Gasteiger partial charge in [-0.05, 0) is 25.0 Å². The molecule has 5 heteroatoms. The SMILES string of the molecule is O=C1CCN(C(=O)C2CCCN2C(=O)c2ccccc2)CC1. The molecule has 0 radical (unpaired) electrons. The Kier molecular flexibility index (Phi) is 4.22. The number of nitrogens with zero attached hydrogens (tertiary/aromatic N) is 2. The Morgan fingerprint density at radius 3 is 2.36 bits per heavy atom. The zero-order chi connectivity index (χ0) is 15.5. The highest BCUT2D eigenvalue weighted by molar-refractivity contribution is 5.98. The Morgan fingerprint density at radius 2 is 1.68 bits per heavy atom. The predicted octanol–water partition coefficient (Wildman–Crippen LogP) is 1.48. The second-order valence-electron chi connectivity index (χ2n) is 5.89. The van der Waals surface area contributed by atoms with Crippen LogP contribution in [0.1, 0.15) is 36.0 Å². The molecule has 5 nitrogen and oxygen atoms in total. The van der Waals surface area contributed by atoms with Gasteiger partial charge in [-0.1, -0.05) is 18.2 Å². The Hall–Kier alpha value is -2.17. The third-order valence-electron chi connectivity index (χ3n) is 4.45. The number of carbonyl (C=O) groups excluding carboxylic acids is 3. The first-order valence-corrected chi connectivity index (χ1v) is 7.83. The molecule has 2 aliphatic heterocycles. The van der Waals surface area contributed by atoms with Gasteiger partial charge in [0.1, 0.15) is 11.8 Å². The molecule has 1 unspecified atom stereocenters. The molecular weight excluding hydrogens is 280 g/mol. The fraction of sp³-hybridized carbons (Fsp3) is 0.471. The van der Waals surface area contributed by atoms with Crippen LogP contribution >= 0.6 is 0 Å². The van der Waals surface area contributed by atoms with Gasteiger partial charge in [0.2, 0.25) is 5.91 Å². The molecule has 116 valence electrons. The monoisotopic (exact) mass is 300 g/mol. The van der Waals surface area contributed by atoms with Gasteiger partial charge < -0.3 is 9.80 Å². The van der Waals surface area contributed by atoms with Crippen LogP contribution in [0.3, 0.4) is 0 Å². The summed E-state index contributed by atoms with van der Waals surface area (Å²) in [6, 6.07) is 8.71. The second-order valence-corrected chi connectivity index (χ2v) is 5.89. The Morgan fingerprint density at radius 1 is 1.00 bits per heavy atom. The molecule has 0 N–H and O–H groups in total. The van der Waals surface area contributed by atoms with Crippen LogP contribution in [0.5, 0.6) is 0 Å². The second kappa shape index (κ2) is 6.30. The minimum absolute atomic E-state index is 0.00530. The minimum Gasteiger partial charge on any atom is -0.340 e. The van der Waals surface area contributed by atoms with E-state index in [1.165, 1.54) is 0 Å². The number of hydrogen-bond donors (Lipinski definition) is 0. The number of Topliss-reactive ketones (excluding diaryl/α,β-unsaturated/α-hetero) is 1. The zero-order valence-electron chi connectivity index (χ0n) is 12.5. The summed E-state index contributed by atoms with van der Waals surface area (Å²) >= 11 is 0. The minimum atomic E-state index is -0.374. The third kappa shape index (κ3) is 2.89. The molecule has 1 atom stereocenters. The standard InChI is InChI=1S/C17H20N2O3/c20-14-8-11-18(12-9-14)17(22)15-7-4-10-19(15)16(21)13-5-2-1-3-6-13/h1-3,5-6,15H,4,7-12H2. The quantitative estimate of drug-likeness (QED) is 0.831. The van der Waals surface area contributed by atoms with Crippen molar-refractivity contribution in [1.29, 1.82) is 0 Å². The zero-order valence-corrected chi connectivity index (χ0v) is 12.5. The van der Waals surface area contributed by atoms with E-state index in [9.17, 15) is 14.4 Å². The van der Waals surface area contributed by atoms with Crippen LogP contribution in [0.2, 0.25) is 0 Å². The molecule has 1 aromatic carbocycles. The lowest BCUT2D eigenvalue weighted by molar-refractivity contribution is -0.138. The van der Waals surface area contributed by atoms with E-state index in [1.54, 1.807) is 21.9 Å². The van der Waals surface area contributed by atoms with Gasteiger partial charge in [0, 0.05) is 38.0 Å². The highest BCUT2D eigenvalue weighted by atomic mass is 16.2. The number of carbonyl (C=O) groups is 3. The summed E-state index contributed by atoms with van der Waals surface area (Å²) in [5.74, 6) is 0.131. The summed E-state index contributed by atoms with van der Waals surface area (Å²) < 4.78 is 0. The highest BCUT2D eigenvalue weighted by Crippen LogP contribution is 2.23. The maximum atomic E-state index is 12.7. The van der Waals surface area contributed by atoms with Crippen molar-refractivity contribution in [2.75, 3.05) is 19.6 Å². The van der Waals surface area contributed by atoms with Crippen LogP contribution in [0, 0.1) is 0 Å². The van der Waals surface area contributed by atoms with E-state index in [4.69, 9.17) is 0 Å². The molecule has 2 heterocycles. The van der Waals surface area contributed by atoms with Crippen molar-refractivity contribution in [1.82, 2.24) is 9.80 Å². The molecule has 0 saturated carbocycles. The van der Waals surface area contributed by atoms with E-state index >= 15 is 0 Å². The van der Waals surface area contributed by atoms with Crippen LogP contribution in [-0.2, 0) is 9.59 Å². The van der Waals surface area contributed by atoms with E-state index in [2.05, 4.69) is 0 Å². The molecular formula is C17H20N2O3. The fourth-order valence-corrected chi connectivity index (χ4v) is 3.20. The normalized spacial score (nSPS) is 22.0. The Labute approximate surface area is 129 Å². The average Bonchev–Trinajstić information content (AvgIpc) is 3.04. The maximum Gasteiger partial charge on any atom is 0.254 e. The van der Waals surface area contributed by atoms with Crippen molar-refractivity contribution in [3.8, 4) is 0 Å². The van der Waals surface area contributed by atoms with Gasteiger partial charge in [-0.3, -0.25) is 14.4 Å². The van der Waals surface area contributed by atoms with Crippen molar-refractivity contribution >= 4 is 17.6 Å². The van der Waals surface area contributed by atoms with Crippen molar-refractivity contribution in [3.05, 3.63) is 35.9 Å². The van der Waals surface area contributed by atoms with Gasteiger partial charge in [-0.2, -0.15) is 0 Å². The van der Waals surface area contributed by atoms with E-state index in [0.29, 0.717) is 44.5 Å². The van der Waals surface area contributed by atoms with Crippen molar-refractivity contribution in [2.24, 2.45) is 0 Å². The fourth-order valence-electron chi connectivity index (χ4n) is 3.20. The number of likely N-dealkylation sites (tertiary alicyclic amines) is 2. The van der Waals surface area contributed by atoms with Crippen LogP contribution in [0.4, 0.5) is 0 Å². The molecule has 3 rings (SSSR count). The van der Waals surface area contributed by atoms with Gasteiger partial charge in [-0.25, -0.2) is 0 Å². The van der Waals surface area contributed by atoms with Crippen molar-refractivity contribution in [2.45, 2.75) is 31.7 Å². The summed E-state index contributed by atoms with van der Waals surface area (Å²) in [5, 5.41) is 0. The van der Waals surface area contributed by atoms with Gasteiger partial charge >= 0.3 is 0 Å². The lowest BCUT2D eigenvalue weighted by Crippen LogP contribution is -2.50. The molecule has 0 bridgehead atoms. The van der Waals surface area contributed by atoms with E-state index in [-0.39, 0.29) is 23.6 Å². The van der Waals surface area contributed by atoms with Crippen LogP contribution < -0.4 is 0 Å². The van der Waals surface area contributed by atoms with Gasteiger partial charge in [0.25, 0.3) is 5.91 Å². The van der Waals surface area contributed by atoms with Crippen LogP contribution in [0.15, 0.2) is 30.3 Å². The lowest BCUT2D eigenvalue weighted by atomic mass is 10.1. The molecule has 2 saturated heterocycles. The molecule has 2 aliphatic rings. The molecule has 1 aromatic rings. The van der Waals surface area contributed by atoms with Crippen LogP contribution in [-0.4, -0.2) is 53.1 Å². The van der Waals surface area contributed by atoms with E-state index in [0.717, 1.165) is 6.42 Å². The van der Waals surface area contributed by atoms with Gasteiger partial charge in [0.15, 0.2) is 0 Å². The first kappa shape index (κ1) is 14.8. The highest BCUT2D eigenvalue weighted by Gasteiger charge is 2.37. The summed E-state index contributed by atoms with van der Waals surface area (Å²) in [7, 11) is 0. The number of rotatable bonds is 2. The first-order valence-electron chi connectivity index (χ1n) is 7.83. The number of amides is 2. The van der Waals surface area contributed by atoms with E-state index < -0.39 is 0 Å². The summed E-state index contributed by atoms with van der Waals surface area (Å²) in [6.07, 6.45) is 2.43. The number of benzene rings is 1. The average molecular weight is 300 g/mol. The number of hydrogen-bond acceptors (Lipinski definition) is 3. The van der Waals surface area contributed by atoms with Gasteiger partial charge in [-0.15, -0.1) is 0 Å². The summed E-state index contributed by atoms with van der Waals surface area (Å²) in [4.78, 5) is 40.0. The lowest BCUT2D eigenvalue weighted by Gasteiger charge is -2.32. The largest absolute Gasteiger partial charge is 0.340 e. The Balaban J connectivity index is 1.71. The summed E-state index contributed by atoms with van der Waals surface area (Å²) in [6.45, 7) is 1.60. The predicted molar refractivity (Wildman–Crippen MR) is 81.3 cm³/mol. The number of piperidine rings is 1. The van der Waals surface area contributed by atoms with Crippen molar-refractivity contribution < 1.29 is 14.4 Å². The first-order chi connectivity index (χ1) is 10.7. The van der Waals surface area contributed by atoms with Crippen LogP contribution in [0.25, 0.3) is 0 Å². The third-order valence-corrected chi connectivity index (χ3v) is 4.45. The maximum absolute atomic E-state index is 12.7. The number of ketones is 1. The van der Waals surface area contributed by atoms with E-state index in [1.807, 2.05) is 18.2 Å². The van der Waals surface area contributed by atoms with Gasteiger partial charge in [0.05, 0.1) is 0 Å². The summed E-state index contributed by atoms with van der Waals surface area (Å²) in [5.41, 5.74) is 0.621. The molecule has 0 aliphatic carbocycles. The topological polar surface area (TPSA) is 57.7 Å². The Bertz CT molecular complexity index is 575. The molecule has 2 amide bonds.